The predicted octanol–water partition coefficient (Wildman–Crippen LogP) is 4.16. The van der Waals surface area contributed by atoms with Crippen LogP contribution in [0.3, 0.4) is 0 Å². The number of rotatable bonds is 2. The number of hydrogen-bond donors (Lipinski definition) is 1. The third-order valence-electron chi connectivity index (χ3n) is 3.62. The van der Waals surface area contributed by atoms with E-state index in [1.165, 1.54) is 24.8 Å². The van der Waals surface area contributed by atoms with Crippen molar-refractivity contribution in [1.29, 1.82) is 0 Å². The van der Waals surface area contributed by atoms with Gasteiger partial charge in [0.1, 0.15) is 0 Å². The molecule has 0 saturated heterocycles. The van der Waals surface area contributed by atoms with Crippen LogP contribution in [0.2, 0.25) is 0 Å². The molecule has 0 bridgehead atoms. The fourth-order valence-electron chi connectivity index (χ4n) is 2.46. The molecule has 2 atom stereocenters. The van der Waals surface area contributed by atoms with Crippen LogP contribution in [0.15, 0.2) is 36.4 Å². The number of aliphatic hydroxyl groups excluding tert-OH is 1. The van der Waals surface area contributed by atoms with Crippen molar-refractivity contribution >= 4 is 0 Å². The molecule has 0 aliphatic heterocycles. The topological polar surface area (TPSA) is 20.2 Å². The van der Waals surface area contributed by atoms with E-state index in [2.05, 4.69) is 31.2 Å². The molecule has 1 N–H and O–H groups in total. The minimum Gasteiger partial charge on any atom is -0.388 e. The van der Waals surface area contributed by atoms with E-state index in [0.29, 0.717) is 0 Å². The van der Waals surface area contributed by atoms with Crippen molar-refractivity contribution in [2.45, 2.75) is 45.1 Å². The van der Waals surface area contributed by atoms with Gasteiger partial charge in [-0.3, -0.25) is 0 Å². The third-order valence-corrected chi connectivity index (χ3v) is 3.62. The molecule has 2 unspecified atom stereocenters. The van der Waals surface area contributed by atoms with Crippen molar-refractivity contribution in [3.8, 4) is 0 Å². The Bertz CT molecular complexity index is 364. The summed E-state index contributed by atoms with van der Waals surface area (Å²) < 4.78 is 0. The number of allylic oxidation sites excluding steroid dienone is 1. The zero-order chi connectivity index (χ0) is 12.1. The van der Waals surface area contributed by atoms with E-state index in [9.17, 15) is 5.11 Å². The Balaban J connectivity index is 2.09. The van der Waals surface area contributed by atoms with Crippen LogP contribution in [0.5, 0.6) is 0 Å². The van der Waals surface area contributed by atoms with Gasteiger partial charge in [-0.25, -0.2) is 0 Å². The van der Waals surface area contributed by atoms with Gasteiger partial charge in [-0.05, 0) is 31.7 Å². The fourth-order valence-corrected chi connectivity index (χ4v) is 2.46. The van der Waals surface area contributed by atoms with Gasteiger partial charge in [-0.15, -0.1) is 0 Å². The molecule has 17 heavy (non-hydrogen) atoms. The SMILES string of the molecule is Cc1ccc(C(O)C2C=CCCCCC2)cc1. The summed E-state index contributed by atoms with van der Waals surface area (Å²) in [5, 5.41) is 10.4. The molecule has 0 aromatic heterocycles. The quantitative estimate of drug-likeness (QED) is 0.756. The van der Waals surface area contributed by atoms with Crippen molar-refractivity contribution in [3.63, 3.8) is 0 Å². The molecule has 1 aliphatic rings. The molecular weight excluding hydrogens is 208 g/mol. The van der Waals surface area contributed by atoms with Gasteiger partial charge in [-0.2, -0.15) is 0 Å². The summed E-state index contributed by atoms with van der Waals surface area (Å²) in [6.45, 7) is 2.08. The van der Waals surface area contributed by atoms with Gasteiger partial charge < -0.3 is 5.11 Å². The van der Waals surface area contributed by atoms with E-state index in [1.54, 1.807) is 0 Å². The molecule has 0 fully saturated rings. The lowest BCUT2D eigenvalue weighted by atomic mass is 9.88. The van der Waals surface area contributed by atoms with E-state index >= 15 is 0 Å². The molecule has 0 heterocycles. The smallest absolute Gasteiger partial charge is 0.0852 e. The first kappa shape index (κ1) is 12.4. The summed E-state index contributed by atoms with van der Waals surface area (Å²) in [4.78, 5) is 0. The lowest BCUT2D eigenvalue weighted by molar-refractivity contribution is 0.124. The van der Waals surface area contributed by atoms with Crippen LogP contribution in [-0.2, 0) is 0 Å². The van der Waals surface area contributed by atoms with Crippen LogP contribution >= 0.6 is 0 Å². The second kappa shape index (κ2) is 6.02. The van der Waals surface area contributed by atoms with E-state index in [0.717, 1.165) is 18.4 Å². The molecule has 92 valence electrons. The minimum atomic E-state index is -0.343. The van der Waals surface area contributed by atoms with E-state index in [-0.39, 0.29) is 12.0 Å². The maximum Gasteiger partial charge on any atom is 0.0852 e. The molecule has 1 aromatic rings. The Kier molecular flexibility index (Phi) is 4.38. The van der Waals surface area contributed by atoms with Crippen LogP contribution in [0.4, 0.5) is 0 Å². The predicted molar refractivity (Wildman–Crippen MR) is 71.9 cm³/mol. The van der Waals surface area contributed by atoms with Crippen molar-refractivity contribution in [1.82, 2.24) is 0 Å². The van der Waals surface area contributed by atoms with Crippen LogP contribution in [0, 0.1) is 12.8 Å². The normalized spacial score (nSPS) is 22.8. The first-order valence-electron chi connectivity index (χ1n) is 6.68. The molecule has 1 aliphatic carbocycles. The Morgan fingerprint density at radius 1 is 1.12 bits per heavy atom. The monoisotopic (exact) mass is 230 g/mol. The van der Waals surface area contributed by atoms with Crippen molar-refractivity contribution in [2.24, 2.45) is 5.92 Å². The van der Waals surface area contributed by atoms with E-state index in [1.807, 2.05) is 12.1 Å². The van der Waals surface area contributed by atoms with Gasteiger partial charge >= 0.3 is 0 Å². The highest BCUT2D eigenvalue weighted by Gasteiger charge is 2.18. The molecule has 0 spiro atoms. The van der Waals surface area contributed by atoms with Crippen molar-refractivity contribution in [2.75, 3.05) is 0 Å². The van der Waals surface area contributed by atoms with E-state index in [4.69, 9.17) is 0 Å². The highest BCUT2D eigenvalue weighted by atomic mass is 16.3. The highest BCUT2D eigenvalue weighted by Crippen LogP contribution is 2.29. The standard InChI is InChI=1S/C16H22O/c1-13-9-11-15(12-10-13)16(17)14-7-5-3-2-4-6-8-14/h5,7,9-12,14,16-17H,2-4,6,8H2,1H3. The van der Waals surface area contributed by atoms with Crippen LogP contribution in [0.25, 0.3) is 0 Å². The van der Waals surface area contributed by atoms with Gasteiger partial charge in [0, 0.05) is 5.92 Å². The lowest BCUT2D eigenvalue weighted by Crippen LogP contribution is -2.11. The lowest BCUT2D eigenvalue weighted by Gasteiger charge is -2.21. The molecule has 0 radical (unpaired) electrons. The highest BCUT2D eigenvalue weighted by molar-refractivity contribution is 5.24. The summed E-state index contributed by atoms with van der Waals surface area (Å²) in [6, 6.07) is 8.25. The number of aryl methyl sites for hydroxylation is 1. The van der Waals surface area contributed by atoms with Gasteiger partial charge in [0.25, 0.3) is 0 Å². The zero-order valence-corrected chi connectivity index (χ0v) is 10.6. The maximum atomic E-state index is 10.4. The van der Waals surface area contributed by atoms with Crippen LogP contribution in [-0.4, -0.2) is 5.11 Å². The zero-order valence-electron chi connectivity index (χ0n) is 10.6. The summed E-state index contributed by atoms with van der Waals surface area (Å²) in [5.74, 6) is 0.290. The van der Waals surface area contributed by atoms with Gasteiger partial charge in [-0.1, -0.05) is 54.8 Å². The van der Waals surface area contributed by atoms with Gasteiger partial charge in [0.15, 0.2) is 0 Å². The number of hydrogen-bond acceptors (Lipinski definition) is 1. The maximum absolute atomic E-state index is 10.4. The number of benzene rings is 1. The molecule has 0 amide bonds. The van der Waals surface area contributed by atoms with Gasteiger partial charge in [0.2, 0.25) is 0 Å². The first-order chi connectivity index (χ1) is 8.27. The minimum absolute atomic E-state index is 0.290. The van der Waals surface area contributed by atoms with Gasteiger partial charge in [0.05, 0.1) is 6.10 Å². The average Bonchev–Trinajstić information content (AvgIpc) is 2.29. The van der Waals surface area contributed by atoms with Crippen molar-refractivity contribution < 1.29 is 5.11 Å². The Morgan fingerprint density at radius 2 is 1.88 bits per heavy atom. The Morgan fingerprint density at radius 3 is 2.65 bits per heavy atom. The summed E-state index contributed by atoms with van der Waals surface area (Å²) in [7, 11) is 0. The average molecular weight is 230 g/mol. The third kappa shape index (κ3) is 3.44. The summed E-state index contributed by atoms with van der Waals surface area (Å²) in [5.41, 5.74) is 2.29. The number of aliphatic hydroxyl groups is 1. The van der Waals surface area contributed by atoms with Crippen LogP contribution < -0.4 is 0 Å². The molecular formula is C16H22O. The summed E-state index contributed by atoms with van der Waals surface area (Å²) >= 11 is 0. The largest absolute Gasteiger partial charge is 0.388 e. The molecule has 1 heteroatoms. The first-order valence-corrected chi connectivity index (χ1v) is 6.68. The van der Waals surface area contributed by atoms with Crippen molar-refractivity contribution in [3.05, 3.63) is 47.5 Å². The second-order valence-electron chi connectivity index (χ2n) is 5.09. The molecule has 1 aromatic carbocycles. The second-order valence-corrected chi connectivity index (χ2v) is 5.09. The molecule has 0 saturated carbocycles. The summed E-state index contributed by atoms with van der Waals surface area (Å²) in [6.07, 6.45) is 10.2. The van der Waals surface area contributed by atoms with E-state index < -0.39 is 0 Å². The Labute approximate surface area is 104 Å². The molecule has 2 rings (SSSR count). The fraction of sp³-hybridized carbons (Fsp3) is 0.500. The Hall–Kier alpha value is -1.08. The molecule has 1 nitrogen and oxygen atoms in total. The van der Waals surface area contributed by atoms with Crippen LogP contribution in [0.1, 0.15) is 49.3 Å².